The van der Waals surface area contributed by atoms with Crippen molar-refractivity contribution in [3.8, 4) is 5.75 Å². The molecule has 0 heterocycles. The minimum atomic E-state index is -3.86. The van der Waals surface area contributed by atoms with Crippen LogP contribution in [-0.4, -0.2) is 32.3 Å². The number of rotatable bonds is 7. The van der Waals surface area contributed by atoms with E-state index in [1.807, 2.05) is 0 Å². The van der Waals surface area contributed by atoms with E-state index in [0.717, 1.165) is 18.2 Å². The first-order valence-corrected chi connectivity index (χ1v) is 7.92. The number of sulfonamides is 1. The quantitative estimate of drug-likeness (QED) is 0.797. The Kier molecular flexibility index (Phi) is 6.33. The van der Waals surface area contributed by atoms with E-state index in [9.17, 15) is 22.3 Å². The Morgan fingerprint density at radius 2 is 2.00 bits per heavy atom. The van der Waals surface area contributed by atoms with Crippen molar-refractivity contribution >= 4 is 21.6 Å². The predicted octanol–water partition coefficient (Wildman–Crippen LogP) is 2.38. The van der Waals surface area contributed by atoms with Crippen LogP contribution in [0.25, 0.3) is 0 Å². The number of hydrogen-bond acceptors (Lipinski definition) is 4. The molecule has 1 aromatic rings. The Hall–Kier alpha value is -0.960. The van der Waals surface area contributed by atoms with Crippen molar-refractivity contribution in [2.45, 2.75) is 43.9 Å². The summed E-state index contributed by atoms with van der Waals surface area (Å²) in [5.41, 5.74) is 0. The molecule has 21 heavy (non-hydrogen) atoms. The van der Waals surface area contributed by atoms with E-state index in [-0.39, 0.29) is 22.1 Å². The predicted molar refractivity (Wildman–Crippen MR) is 74.2 cm³/mol. The average molecular weight is 344 g/mol. The second kappa shape index (κ2) is 7.35. The number of aliphatic hydroxyl groups is 1. The third-order valence-corrected chi connectivity index (χ3v) is 4.36. The number of aliphatic hydroxyl groups excluding tert-OH is 1. The van der Waals surface area contributed by atoms with Gasteiger partial charge in [0.05, 0.1) is 16.0 Å². The van der Waals surface area contributed by atoms with E-state index in [2.05, 4.69) is 9.46 Å². The highest BCUT2D eigenvalue weighted by Gasteiger charge is 2.20. The fraction of sp³-hybridized carbons (Fsp3) is 0.500. The lowest BCUT2D eigenvalue weighted by molar-refractivity contribution is -0.0498. The Morgan fingerprint density at radius 1 is 1.38 bits per heavy atom. The zero-order chi connectivity index (χ0) is 16.2. The lowest BCUT2D eigenvalue weighted by Crippen LogP contribution is -2.34. The van der Waals surface area contributed by atoms with Gasteiger partial charge in [-0.2, -0.15) is 8.78 Å². The zero-order valence-electron chi connectivity index (χ0n) is 11.4. The minimum Gasteiger partial charge on any atom is -0.433 e. The monoisotopic (exact) mass is 343 g/mol. The summed E-state index contributed by atoms with van der Waals surface area (Å²) in [6, 6.07) is 2.70. The molecular weight excluding hydrogens is 328 g/mol. The van der Waals surface area contributed by atoms with Crippen LogP contribution in [0, 0.1) is 0 Å². The van der Waals surface area contributed by atoms with Gasteiger partial charge >= 0.3 is 6.61 Å². The molecule has 0 bridgehead atoms. The Balaban J connectivity index is 2.91. The summed E-state index contributed by atoms with van der Waals surface area (Å²) in [5.74, 6) is -0.303. The van der Waals surface area contributed by atoms with Crippen LogP contribution in [0.15, 0.2) is 23.1 Å². The van der Waals surface area contributed by atoms with Crippen molar-refractivity contribution in [1.82, 2.24) is 4.72 Å². The van der Waals surface area contributed by atoms with Crippen LogP contribution in [0.2, 0.25) is 5.02 Å². The first-order valence-electron chi connectivity index (χ1n) is 6.06. The number of benzene rings is 1. The lowest BCUT2D eigenvalue weighted by atomic mass is 10.2. The third kappa shape index (κ3) is 5.74. The van der Waals surface area contributed by atoms with Crippen molar-refractivity contribution in [1.29, 1.82) is 0 Å². The van der Waals surface area contributed by atoms with Crippen molar-refractivity contribution in [2.75, 3.05) is 0 Å². The van der Waals surface area contributed by atoms with Gasteiger partial charge in [-0.25, -0.2) is 13.1 Å². The van der Waals surface area contributed by atoms with Crippen molar-refractivity contribution < 1.29 is 27.0 Å². The van der Waals surface area contributed by atoms with E-state index in [1.165, 1.54) is 6.92 Å². The second-order valence-electron chi connectivity index (χ2n) is 4.58. The summed E-state index contributed by atoms with van der Waals surface area (Å²) in [7, 11) is -3.86. The number of ether oxygens (including phenoxy) is 1. The van der Waals surface area contributed by atoms with Crippen molar-refractivity contribution in [3.05, 3.63) is 23.2 Å². The van der Waals surface area contributed by atoms with Gasteiger partial charge in [-0.15, -0.1) is 0 Å². The molecule has 0 fully saturated rings. The van der Waals surface area contributed by atoms with Crippen LogP contribution in [-0.2, 0) is 10.0 Å². The number of halogens is 3. The van der Waals surface area contributed by atoms with Gasteiger partial charge in [0.1, 0.15) is 5.75 Å². The molecule has 0 saturated heterocycles. The maximum Gasteiger partial charge on any atom is 0.387 e. The standard InChI is InChI=1S/C12H16ClF2NO4S/c1-7(5-8(2)17)16-21(18,19)9-3-4-11(10(13)6-9)20-12(14)15/h3-4,6-8,12,16-17H,5H2,1-2H3. The summed E-state index contributed by atoms with van der Waals surface area (Å²) in [6.07, 6.45) is -0.424. The molecule has 2 N–H and O–H groups in total. The van der Waals surface area contributed by atoms with E-state index >= 15 is 0 Å². The smallest absolute Gasteiger partial charge is 0.387 e. The fourth-order valence-corrected chi connectivity index (χ4v) is 3.30. The Labute approximate surface area is 126 Å². The molecule has 0 saturated carbocycles. The van der Waals surface area contributed by atoms with Crippen molar-refractivity contribution in [2.24, 2.45) is 0 Å². The first-order chi connectivity index (χ1) is 9.61. The second-order valence-corrected chi connectivity index (χ2v) is 6.70. The number of nitrogens with one attached hydrogen (secondary N) is 1. The largest absolute Gasteiger partial charge is 0.433 e. The summed E-state index contributed by atoms with van der Waals surface area (Å²) in [4.78, 5) is -0.174. The molecule has 2 atom stereocenters. The molecule has 5 nitrogen and oxygen atoms in total. The highest BCUT2D eigenvalue weighted by atomic mass is 35.5. The van der Waals surface area contributed by atoms with Crippen molar-refractivity contribution in [3.63, 3.8) is 0 Å². The molecular formula is C12H16ClF2NO4S. The van der Waals surface area contributed by atoms with Crippen LogP contribution in [0.4, 0.5) is 8.78 Å². The average Bonchev–Trinajstić information content (AvgIpc) is 2.29. The molecule has 0 aliphatic carbocycles. The van der Waals surface area contributed by atoms with Crippen LogP contribution in [0.5, 0.6) is 5.75 Å². The Morgan fingerprint density at radius 3 is 2.48 bits per heavy atom. The molecule has 2 unspecified atom stereocenters. The first kappa shape index (κ1) is 18.1. The highest BCUT2D eigenvalue weighted by Crippen LogP contribution is 2.28. The molecule has 0 amide bonds. The SMILES string of the molecule is CC(O)CC(C)NS(=O)(=O)c1ccc(OC(F)F)c(Cl)c1. The molecule has 9 heteroatoms. The minimum absolute atomic E-state index is 0.174. The summed E-state index contributed by atoms with van der Waals surface area (Å²) in [5, 5.41) is 8.98. The van der Waals surface area contributed by atoms with Crippen LogP contribution < -0.4 is 9.46 Å². The fourth-order valence-electron chi connectivity index (χ4n) is 1.73. The van der Waals surface area contributed by atoms with Gasteiger partial charge in [0, 0.05) is 6.04 Å². The molecule has 0 aromatic heterocycles. The summed E-state index contributed by atoms with van der Waals surface area (Å²) < 4.78 is 54.8. The molecule has 0 radical (unpaired) electrons. The highest BCUT2D eigenvalue weighted by molar-refractivity contribution is 7.89. The van der Waals surface area contributed by atoms with Gasteiger partial charge in [0.15, 0.2) is 0 Å². The molecule has 120 valence electrons. The Bertz CT molecular complexity index is 581. The molecule has 0 aliphatic rings. The zero-order valence-corrected chi connectivity index (χ0v) is 13.0. The van der Waals surface area contributed by atoms with E-state index < -0.39 is 28.8 Å². The van der Waals surface area contributed by atoms with Gasteiger partial charge in [0.2, 0.25) is 10.0 Å². The van der Waals surface area contributed by atoms with Crippen LogP contribution in [0.1, 0.15) is 20.3 Å². The van der Waals surface area contributed by atoms with Crippen LogP contribution >= 0.6 is 11.6 Å². The van der Waals surface area contributed by atoms with Gasteiger partial charge in [-0.05, 0) is 38.5 Å². The lowest BCUT2D eigenvalue weighted by Gasteiger charge is -2.16. The molecule has 0 aliphatic heterocycles. The van der Waals surface area contributed by atoms with Crippen LogP contribution in [0.3, 0.4) is 0 Å². The number of alkyl halides is 2. The van der Waals surface area contributed by atoms with Gasteiger partial charge in [-0.1, -0.05) is 11.6 Å². The molecule has 1 aromatic carbocycles. The van der Waals surface area contributed by atoms with E-state index in [0.29, 0.717) is 0 Å². The molecule has 1 rings (SSSR count). The normalized spacial score (nSPS) is 15.0. The van der Waals surface area contributed by atoms with E-state index in [1.54, 1.807) is 6.92 Å². The van der Waals surface area contributed by atoms with Gasteiger partial charge in [-0.3, -0.25) is 0 Å². The van der Waals surface area contributed by atoms with Gasteiger partial charge in [0.25, 0.3) is 0 Å². The van der Waals surface area contributed by atoms with Gasteiger partial charge < -0.3 is 9.84 Å². The topological polar surface area (TPSA) is 75.6 Å². The maximum absolute atomic E-state index is 12.1. The molecule has 0 spiro atoms. The maximum atomic E-state index is 12.1. The third-order valence-electron chi connectivity index (χ3n) is 2.48. The summed E-state index contributed by atoms with van der Waals surface area (Å²) >= 11 is 5.71. The number of hydrogen-bond donors (Lipinski definition) is 2. The summed E-state index contributed by atoms with van der Waals surface area (Å²) in [6.45, 7) is 0.0901. The van der Waals surface area contributed by atoms with E-state index in [4.69, 9.17) is 11.6 Å².